The van der Waals surface area contributed by atoms with Gasteiger partial charge in [-0.25, -0.2) is 0 Å². The van der Waals surface area contributed by atoms with Crippen molar-refractivity contribution < 1.29 is 9.90 Å². The molecule has 1 aliphatic carbocycles. The van der Waals surface area contributed by atoms with Crippen LogP contribution in [0.5, 0.6) is 0 Å². The monoisotopic (exact) mass is 342 g/mol. The van der Waals surface area contributed by atoms with Crippen LogP contribution in [0.1, 0.15) is 23.8 Å². The second kappa shape index (κ2) is 6.33. The van der Waals surface area contributed by atoms with Gasteiger partial charge in [0, 0.05) is 4.88 Å². The van der Waals surface area contributed by atoms with Gasteiger partial charge in [-0.15, -0.1) is 11.3 Å². The van der Waals surface area contributed by atoms with Gasteiger partial charge in [-0.1, -0.05) is 18.2 Å². The number of aliphatic hydroxyl groups excluding tert-OH is 1. The lowest BCUT2D eigenvalue weighted by atomic mass is 9.77. The van der Waals surface area contributed by atoms with Crippen LogP contribution in [-0.2, 0) is 11.3 Å². The van der Waals surface area contributed by atoms with E-state index >= 15 is 0 Å². The first-order chi connectivity index (χ1) is 11.7. The van der Waals surface area contributed by atoms with Crippen LogP contribution in [0.2, 0.25) is 0 Å². The molecule has 1 fully saturated rings. The average molecular weight is 342 g/mol. The number of hydrogen-bond donors (Lipinski definition) is 2. The molecule has 6 nitrogen and oxygen atoms in total. The average Bonchev–Trinajstić information content (AvgIpc) is 3.18. The molecular formula is C17H18N4O2S. The van der Waals surface area contributed by atoms with E-state index in [2.05, 4.69) is 15.5 Å². The third-order valence-corrected chi connectivity index (χ3v) is 5.36. The molecule has 2 aromatic heterocycles. The predicted molar refractivity (Wildman–Crippen MR) is 91.5 cm³/mol. The highest BCUT2D eigenvalue weighted by Crippen LogP contribution is 2.39. The highest BCUT2D eigenvalue weighted by atomic mass is 32.1. The lowest BCUT2D eigenvalue weighted by Crippen LogP contribution is -2.42. The van der Waals surface area contributed by atoms with Crippen molar-refractivity contribution in [1.82, 2.24) is 20.3 Å². The quantitative estimate of drug-likeness (QED) is 0.744. The highest BCUT2D eigenvalue weighted by Gasteiger charge is 2.36. The Hall–Kier alpha value is -2.25. The normalized spacial score (nSPS) is 21.4. The molecule has 0 spiro atoms. The number of benzene rings is 1. The van der Waals surface area contributed by atoms with Crippen LogP contribution in [0.25, 0.3) is 11.0 Å². The number of aromatic nitrogens is 3. The summed E-state index contributed by atoms with van der Waals surface area (Å²) in [5.74, 6) is 0.169. The first kappa shape index (κ1) is 15.3. The zero-order valence-electron chi connectivity index (χ0n) is 13.0. The summed E-state index contributed by atoms with van der Waals surface area (Å²) in [7, 11) is 0. The van der Waals surface area contributed by atoms with E-state index in [1.807, 2.05) is 41.8 Å². The number of carbonyl (C=O) groups excluding carboxylic acids is 1. The maximum Gasteiger partial charge on any atom is 0.244 e. The lowest BCUT2D eigenvalue weighted by Gasteiger charge is -2.37. The minimum Gasteiger partial charge on any atom is -0.393 e. The number of carbonyl (C=O) groups is 1. The molecule has 0 saturated heterocycles. The van der Waals surface area contributed by atoms with Gasteiger partial charge in [-0.2, -0.15) is 15.0 Å². The summed E-state index contributed by atoms with van der Waals surface area (Å²) in [5, 5.41) is 23.3. The number of aliphatic hydroxyl groups is 1. The zero-order chi connectivity index (χ0) is 16.5. The Balaban J connectivity index is 1.46. The number of nitrogens with zero attached hydrogens (tertiary/aromatic N) is 3. The van der Waals surface area contributed by atoms with E-state index in [4.69, 9.17) is 0 Å². The Morgan fingerprint density at radius 1 is 1.25 bits per heavy atom. The summed E-state index contributed by atoms with van der Waals surface area (Å²) in [6, 6.07) is 11.5. The standard InChI is InChI=1S/C17H18N4O2S/c22-12-8-11(9-12)17(15-6-3-7-24-15)18-16(23)10-21-19-13-4-1-2-5-14(13)20-21/h1-7,11-12,17,22H,8-10H2,(H,18,23). The fourth-order valence-electron chi connectivity index (χ4n) is 3.11. The summed E-state index contributed by atoms with van der Waals surface area (Å²) >= 11 is 1.63. The van der Waals surface area contributed by atoms with E-state index in [-0.39, 0.29) is 30.5 Å². The zero-order valence-corrected chi connectivity index (χ0v) is 13.8. The van der Waals surface area contributed by atoms with E-state index < -0.39 is 0 Å². The van der Waals surface area contributed by atoms with Crippen LogP contribution >= 0.6 is 11.3 Å². The Morgan fingerprint density at radius 2 is 1.96 bits per heavy atom. The summed E-state index contributed by atoms with van der Waals surface area (Å²) < 4.78 is 0. The SMILES string of the molecule is O=C(Cn1nc2ccccc2n1)NC(c1cccs1)C1CC(O)C1. The molecule has 1 unspecified atom stereocenters. The van der Waals surface area contributed by atoms with Gasteiger partial charge in [0.1, 0.15) is 17.6 Å². The molecule has 0 radical (unpaired) electrons. The maximum atomic E-state index is 12.5. The van der Waals surface area contributed by atoms with E-state index in [0.717, 1.165) is 28.8 Å². The molecule has 1 saturated carbocycles. The highest BCUT2D eigenvalue weighted by molar-refractivity contribution is 7.10. The second-order valence-corrected chi connectivity index (χ2v) is 7.14. The van der Waals surface area contributed by atoms with Gasteiger partial charge in [0.25, 0.3) is 0 Å². The van der Waals surface area contributed by atoms with Crippen LogP contribution in [0.15, 0.2) is 41.8 Å². The topological polar surface area (TPSA) is 80.0 Å². The summed E-state index contributed by atoms with van der Waals surface area (Å²) in [5.41, 5.74) is 1.56. The number of fused-ring (bicyclic) bond motifs is 1. The Kier molecular flexibility index (Phi) is 4.03. The molecule has 1 atom stereocenters. The van der Waals surface area contributed by atoms with Gasteiger partial charge in [0.05, 0.1) is 12.1 Å². The Labute approximate surface area is 143 Å². The van der Waals surface area contributed by atoms with E-state index in [9.17, 15) is 9.90 Å². The first-order valence-corrected chi connectivity index (χ1v) is 8.88. The van der Waals surface area contributed by atoms with Crippen molar-refractivity contribution in [3.8, 4) is 0 Å². The number of thiophene rings is 1. The Bertz CT molecular complexity index is 806. The van der Waals surface area contributed by atoms with Crippen LogP contribution in [0, 0.1) is 5.92 Å². The van der Waals surface area contributed by atoms with Gasteiger partial charge in [-0.05, 0) is 42.3 Å². The van der Waals surface area contributed by atoms with Crippen LogP contribution in [-0.4, -0.2) is 32.1 Å². The van der Waals surface area contributed by atoms with Crippen molar-refractivity contribution in [2.24, 2.45) is 5.92 Å². The third-order valence-electron chi connectivity index (χ3n) is 4.40. The van der Waals surface area contributed by atoms with E-state index in [1.165, 1.54) is 4.80 Å². The van der Waals surface area contributed by atoms with Crippen LogP contribution in [0.3, 0.4) is 0 Å². The largest absolute Gasteiger partial charge is 0.393 e. The smallest absolute Gasteiger partial charge is 0.244 e. The Morgan fingerprint density at radius 3 is 2.54 bits per heavy atom. The fraction of sp³-hybridized carbons (Fsp3) is 0.353. The summed E-state index contributed by atoms with van der Waals surface area (Å²) in [6.45, 7) is 0.0891. The van der Waals surface area contributed by atoms with Crippen molar-refractivity contribution >= 4 is 28.3 Å². The van der Waals surface area contributed by atoms with Gasteiger partial charge in [0.15, 0.2) is 0 Å². The van der Waals surface area contributed by atoms with E-state index in [1.54, 1.807) is 11.3 Å². The van der Waals surface area contributed by atoms with Crippen molar-refractivity contribution in [3.63, 3.8) is 0 Å². The fourth-order valence-corrected chi connectivity index (χ4v) is 3.98. The van der Waals surface area contributed by atoms with Gasteiger partial charge in [-0.3, -0.25) is 4.79 Å². The third kappa shape index (κ3) is 3.05. The van der Waals surface area contributed by atoms with Crippen molar-refractivity contribution in [2.75, 3.05) is 0 Å². The molecular weight excluding hydrogens is 324 g/mol. The van der Waals surface area contributed by atoms with E-state index in [0.29, 0.717) is 0 Å². The molecule has 0 aliphatic heterocycles. The van der Waals surface area contributed by atoms with Gasteiger partial charge in [0.2, 0.25) is 5.91 Å². The number of amides is 1. The predicted octanol–water partition coefficient (Wildman–Crippen LogP) is 2.12. The molecule has 1 aromatic carbocycles. The molecule has 3 aromatic rings. The van der Waals surface area contributed by atoms with Crippen molar-refractivity contribution in [2.45, 2.75) is 31.5 Å². The molecule has 24 heavy (non-hydrogen) atoms. The van der Waals surface area contributed by atoms with Gasteiger partial charge < -0.3 is 10.4 Å². The molecule has 0 bridgehead atoms. The van der Waals surface area contributed by atoms with Gasteiger partial charge >= 0.3 is 0 Å². The number of hydrogen-bond acceptors (Lipinski definition) is 5. The van der Waals surface area contributed by atoms with Crippen LogP contribution < -0.4 is 5.32 Å². The molecule has 1 amide bonds. The molecule has 1 aliphatic rings. The molecule has 7 heteroatoms. The molecule has 4 rings (SSSR count). The van der Waals surface area contributed by atoms with Crippen LogP contribution in [0.4, 0.5) is 0 Å². The maximum absolute atomic E-state index is 12.5. The van der Waals surface area contributed by atoms with Crippen molar-refractivity contribution in [1.29, 1.82) is 0 Å². The van der Waals surface area contributed by atoms with Crippen molar-refractivity contribution in [3.05, 3.63) is 46.7 Å². The molecule has 2 heterocycles. The number of nitrogens with one attached hydrogen (secondary N) is 1. The lowest BCUT2D eigenvalue weighted by molar-refractivity contribution is -0.124. The number of rotatable bonds is 5. The first-order valence-electron chi connectivity index (χ1n) is 8.00. The minimum absolute atomic E-state index is 0.0501. The molecule has 2 N–H and O–H groups in total. The summed E-state index contributed by atoms with van der Waals surface area (Å²) in [6.07, 6.45) is 1.21. The summed E-state index contributed by atoms with van der Waals surface area (Å²) in [4.78, 5) is 15.0. The second-order valence-electron chi connectivity index (χ2n) is 6.17. The minimum atomic E-state index is -0.243. The molecule has 124 valence electrons.